The Hall–Kier alpha value is -3.94. The zero-order valence-electron chi connectivity index (χ0n) is 16.3. The van der Waals surface area contributed by atoms with Gasteiger partial charge in [-0.25, -0.2) is 0 Å². The van der Waals surface area contributed by atoms with Gasteiger partial charge in [0.1, 0.15) is 6.04 Å². The van der Waals surface area contributed by atoms with E-state index in [2.05, 4.69) is 21.0 Å². The third-order valence-corrected chi connectivity index (χ3v) is 5.02. The molecular weight excluding hydrogens is 382 g/mol. The van der Waals surface area contributed by atoms with Gasteiger partial charge in [0.15, 0.2) is 0 Å². The second-order valence-corrected chi connectivity index (χ2v) is 7.11. The first-order valence-corrected chi connectivity index (χ1v) is 9.61. The Morgan fingerprint density at radius 1 is 1.10 bits per heavy atom. The molecule has 0 bridgehead atoms. The Kier molecular flexibility index (Phi) is 5.30. The van der Waals surface area contributed by atoms with E-state index in [-0.39, 0.29) is 24.1 Å². The number of aromatic nitrogens is 2. The van der Waals surface area contributed by atoms with Crippen molar-refractivity contribution in [3.8, 4) is 0 Å². The van der Waals surface area contributed by atoms with Crippen LogP contribution in [0.15, 0.2) is 67.0 Å². The molecule has 30 heavy (non-hydrogen) atoms. The van der Waals surface area contributed by atoms with Crippen molar-refractivity contribution in [1.82, 2.24) is 9.78 Å². The lowest BCUT2D eigenvalue weighted by Crippen LogP contribution is -2.30. The predicted molar refractivity (Wildman–Crippen MR) is 113 cm³/mol. The number of rotatable bonds is 5. The minimum atomic E-state index is -0.576. The van der Waals surface area contributed by atoms with Gasteiger partial charge in [0, 0.05) is 35.9 Å². The Labute approximate surface area is 173 Å². The number of carbonyl (C=O) groups excluding carboxylic acids is 3. The summed E-state index contributed by atoms with van der Waals surface area (Å²) in [7, 11) is 0. The largest absolute Gasteiger partial charge is 0.326 e. The van der Waals surface area contributed by atoms with Crippen LogP contribution in [-0.2, 0) is 14.4 Å². The Morgan fingerprint density at radius 3 is 2.63 bits per heavy atom. The maximum Gasteiger partial charge on any atom is 0.248 e. The van der Waals surface area contributed by atoms with E-state index in [1.165, 1.54) is 0 Å². The molecule has 1 aliphatic rings. The number of hydrogen-bond donors (Lipinski definition) is 3. The standard InChI is InChI=1S/C22H21N5O3/c1-14(27-11-5-10-23-27)21(29)24-15-6-4-7-16(12-15)25-22(30)18-13-20(28)26-19-9-3-2-8-17(18)19/h2-12,14,18H,13H2,1H3,(H,24,29)(H,25,30)(H,26,28). The molecule has 4 rings (SSSR count). The van der Waals surface area contributed by atoms with Crippen LogP contribution in [0.2, 0.25) is 0 Å². The molecule has 0 radical (unpaired) electrons. The molecule has 2 unspecified atom stereocenters. The monoisotopic (exact) mass is 403 g/mol. The van der Waals surface area contributed by atoms with Crippen molar-refractivity contribution in [2.45, 2.75) is 25.3 Å². The van der Waals surface area contributed by atoms with Crippen LogP contribution in [0.1, 0.15) is 30.9 Å². The second kappa shape index (κ2) is 8.20. The van der Waals surface area contributed by atoms with E-state index in [4.69, 9.17) is 0 Å². The first kappa shape index (κ1) is 19.4. The van der Waals surface area contributed by atoms with Gasteiger partial charge < -0.3 is 16.0 Å². The molecular formula is C22H21N5O3. The van der Waals surface area contributed by atoms with Crippen LogP contribution in [0.5, 0.6) is 0 Å². The topological polar surface area (TPSA) is 105 Å². The van der Waals surface area contributed by atoms with Crippen LogP contribution in [0.25, 0.3) is 0 Å². The highest BCUT2D eigenvalue weighted by molar-refractivity contribution is 6.05. The number of hydrogen-bond acceptors (Lipinski definition) is 4. The summed E-state index contributed by atoms with van der Waals surface area (Å²) in [4.78, 5) is 37.3. The normalized spacial score (nSPS) is 16.2. The summed E-state index contributed by atoms with van der Waals surface area (Å²) in [5.41, 5.74) is 2.53. The quantitative estimate of drug-likeness (QED) is 0.609. The molecule has 0 spiro atoms. The van der Waals surface area contributed by atoms with Crippen molar-refractivity contribution in [3.05, 3.63) is 72.6 Å². The van der Waals surface area contributed by atoms with Crippen LogP contribution < -0.4 is 16.0 Å². The summed E-state index contributed by atoms with van der Waals surface area (Å²) in [6.07, 6.45) is 3.42. The van der Waals surface area contributed by atoms with E-state index in [1.54, 1.807) is 60.4 Å². The van der Waals surface area contributed by atoms with E-state index in [9.17, 15) is 14.4 Å². The molecule has 8 nitrogen and oxygen atoms in total. The van der Waals surface area contributed by atoms with Crippen LogP contribution >= 0.6 is 0 Å². The average molecular weight is 403 g/mol. The Bertz CT molecular complexity index is 1090. The number of fused-ring (bicyclic) bond motifs is 1. The number of carbonyl (C=O) groups is 3. The fourth-order valence-corrected chi connectivity index (χ4v) is 3.43. The van der Waals surface area contributed by atoms with Crippen LogP contribution in [-0.4, -0.2) is 27.5 Å². The molecule has 0 aliphatic carbocycles. The molecule has 2 aromatic carbocycles. The van der Waals surface area contributed by atoms with Crippen molar-refractivity contribution in [3.63, 3.8) is 0 Å². The zero-order valence-corrected chi connectivity index (χ0v) is 16.3. The lowest BCUT2D eigenvalue weighted by Gasteiger charge is -2.24. The van der Waals surface area contributed by atoms with Gasteiger partial charge in [-0.2, -0.15) is 5.10 Å². The first-order chi connectivity index (χ1) is 14.5. The van der Waals surface area contributed by atoms with Crippen LogP contribution in [0.3, 0.4) is 0 Å². The highest BCUT2D eigenvalue weighted by atomic mass is 16.2. The number of para-hydroxylation sites is 1. The molecule has 3 aromatic rings. The summed E-state index contributed by atoms with van der Waals surface area (Å²) >= 11 is 0. The van der Waals surface area contributed by atoms with Gasteiger partial charge >= 0.3 is 0 Å². The molecule has 0 fully saturated rings. The highest BCUT2D eigenvalue weighted by Crippen LogP contribution is 2.33. The molecule has 152 valence electrons. The Balaban J connectivity index is 1.46. The summed E-state index contributed by atoms with van der Waals surface area (Å²) in [6, 6.07) is 15.5. The third-order valence-electron chi connectivity index (χ3n) is 5.02. The molecule has 2 heterocycles. The molecule has 3 amide bonds. The van der Waals surface area contributed by atoms with Gasteiger partial charge in [0.25, 0.3) is 0 Å². The van der Waals surface area contributed by atoms with Crippen molar-refractivity contribution in [2.24, 2.45) is 0 Å². The van der Waals surface area contributed by atoms with E-state index in [0.717, 1.165) is 5.56 Å². The van der Waals surface area contributed by atoms with Crippen molar-refractivity contribution < 1.29 is 14.4 Å². The summed E-state index contributed by atoms with van der Waals surface area (Å²) in [5.74, 6) is -1.26. The van der Waals surface area contributed by atoms with Crippen LogP contribution in [0.4, 0.5) is 17.1 Å². The average Bonchev–Trinajstić information content (AvgIpc) is 3.27. The van der Waals surface area contributed by atoms with Crippen molar-refractivity contribution >= 4 is 34.8 Å². The number of anilines is 3. The maximum absolute atomic E-state index is 12.9. The lowest BCUT2D eigenvalue weighted by molar-refractivity contribution is -0.123. The van der Waals surface area contributed by atoms with E-state index >= 15 is 0 Å². The number of benzene rings is 2. The van der Waals surface area contributed by atoms with Gasteiger partial charge in [-0.05, 0) is 42.8 Å². The van der Waals surface area contributed by atoms with Crippen molar-refractivity contribution in [1.29, 1.82) is 0 Å². The summed E-state index contributed by atoms with van der Waals surface area (Å²) < 4.78 is 1.56. The van der Waals surface area contributed by atoms with Gasteiger partial charge in [-0.1, -0.05) is 24.3 Å². The third kappa shape index (κ3) is 4.07. The van der Waals surface area contributed by atoms with E-state index in [0.29, 0.717) is 17.1 Å². The minimum Gasteiger partial charge on any atom is -0.326 e. The molecule has 0 saturated heterocycles. The second-order valence-electron chi connectivity index (χ2n) is 7.11. The smallest absolute Gasteiger partial charge is 0.248 e. The van der Waals surface area contributed by atoms with Gasteiger partial charge in [-0.3, -0.25) is 19.1 Å². The van der Waals surface area contributed by atoms with Crippen molar-refractivity contribution in [2.75, 3.05) is 16.0 Å². The van der Waals surface area contributed by atoms with Gasteiger partial charge in [0.2, 0.25) is 17.7 Å². The lowest BCUT2D eigenvalue weighted by atomic mass is 9.90. The molecule has 0 saturated carbocycles. The predicted octanol–water partition coefficient (Wildman–Crippen LogP) is 3.15. The van der Waals surface area contributed by atoms with E-state index < -0.39 is 12.0 Å². The van der Waals surface area contributed by atoms with E-state index in [1.807, 2.05) is 18.2 Å². The fourth-order valence-electron chi connectivity index (χ4n) is 3.43. The first-order valence-electron chi connectivity index (χ1n) is 9.61. The van der Waals surface area contributed by atoms with Gasteiger partial charge in [-0.15, -0.1) is 0 Å². The molecule has 2 atom stereocenters. The molecule has 1 aliphatic heterocycles. The van der Waals surface area contributed by atoms with Gasteiger partial charge in [0.05, 0.1) is 5.92 Å². The number of amides is 3. The number of nitrogens with zero attached hydrogens (tertiary/aromatic N) is 2. The minimum absolute atomic E-state index is 0.0840. The fraction of sp³-hybridized carbons (Fsp3) is 0.182. The summed E-state index contributed by atoms with van der Waals surface area (Å²) in [5, 5.41) is 12.6. The highest BCUT2D eigenvalue weighted by Gasteiger charge is 2.30. The maximum atomic E-state index is 12.9. The zero-order chi connectivity index (χ0) is 21.1. The molecule has 3 N–H and O–H groups in total. The van der Waals surface area contributed by atoms with Crippen LogP contribution in [0, 0.1) is 0 Å². The molecule has 1 aromatic heterocycles. The number of nitrogens with one attached hydrogen (secondary N) is 3. The molecule has 8 heteroatoms. The SMILES string of the molecule is CC(C(=O)Nc1cccc(NC(=O)C2CC(=O)Nc3ccccc32)c1)n1cccn1. The Morgan fingerprint density at radius 2 is 1.87 bits per heavy atom. The summed E-state index contributed by atoms with van der Waals surface area (Å²) in [6.45, 7) is 1.75.